The summed E-state index contributed by atoms with van der Waals surface area (Å²) in [6.45, 7) is 0. The van der Waals surface area contributed by atoms with Crippen molar-refractivity contribution in [3.05, 3.63) is 17.5 Å². The summed E-state index contributed by atoms with van der Waals surface area (Å²) in [6, 6.07) is 1.26. The first-order chi connectivity index (χ1) is 6.89. The van der Waals surface area contributed by atoms with Crippen LogP contribution in [0.2, 0.25) is 5.28 Å². The standard InChI is InChI=1S/C6H6ClN3O4S/c7-6-8-2-1-4(9-6)10-15(13,14)3-5(11)12/h1-2H,3H2,(H,11,12)(H,8,9,10). The van der Waals surface area contributed by atoms with Crippen molar-refractivity contribution in [2.75, 3.05) is 10.5 Å². The zero-order valence-corrected chi connectivity index (χ0v) is 8.79. The SMILES string of the molecule is O=C(O)CS(=O)(=O)Nc1ccnc(Cl)n1. The van der Waals surface area contributed by atoms with E-state index in [2.05, 4.69) is 9.97 Å². The lowest BCUT2D eigenvalue weighted by Crippen LogP contribution is -2.22. The smallest absolute Gasteiger partial charge is 0.320 e. The number of carboxylic acids is 1. The number of rotatable bonds is 4. The Kier molecular flexibility index (Phi) is 3.43. The molecule has 9 heteroatoms. The van der Waals surface area contributed by atoms with Gasteiger partial charge in [0, 0.05) is 6.20 Å². The Morgan fingerprint density at radius 2 is 2.27 bits per heavy atom. The van der Waals surface area contributed by atoms with Crippen molar-refractivity contribution in [2.24, 2.45) is 0 Å². The fourth-order valence-electron chi connectivity index (χ4n) is 0.750. The summed E-state index contributed by atoms with van der Waals surface area (Å²) in [4.78, 5) is 17.3. The van der Waals surface area contributed by atoms with Crippen LogP contribution in [0.4, 0.5) is 5.82 Å². The first kappa shape index (κ1) is 11.7. The summed E-state index contributed by atoms with van der Waals surface area (Å²) in [5.41, 5.74) is 0. The van der Waals surface area contributed by atoms with E-state index in [0.29, 0.717) is 0 Å². The van der Waals surface area contributed by atoms with E-state index in [0.717, 1.165) is 0 Å². The molecule has 0 radical (unpaired) electrons. The van der Waals surface area contributed by atoms with Gasteiger partial charge in [-0.2, -0.15) is 4.98 Å². The molecule has 82 valence electrons. The molecule has 2 N–H and O–H groups in total. The van der Waals surface area contributed by atoms with Crippen molar-refractivity contribution in [3.8, 4) is 0 Å². The van der Waals surface area contributed by atoms with Gasteiger partial charge >= 0.3 is 5.97 Å². The molecule has 0 aliphatic rings. The van der Waals surface area contributed by atoms with Crippen LogP contribution in [0.1, 0.15) is 0 Å². The quantitative estimate of drug-likeness (QED) is 0.727. The summed E-state index contributed by atoms with van der Waals surface area (Å²) in [6.07, 6.45) is 1.24. The average Bonchev–Trinajstić information content (AvgIpc) is 1.99. The second kappa shape index (κ2) is 4.41. The van der Waals surface area contributed by atoms with Crippen LogP contribution < -0.4 is 4.72 Å². The summed E-state index contributed by atoms with van der Waals surface area (Å²) >= 11 is 5.41. The minimum Gasteiger partial charge on any atom is -0.480 e. The van der Waals surface area contributed by atoms with Crippen LogP contribution >= 0.6 is 11.6 Å². The van der Waals surface area contributed by atoms with Crippen LogP contribution in [-0.2, 0) is 14.8 Å². The van der Waals surface area contributed by atoms with Gasteiger partial charge in [-0.05, 0) is 17.7 Å². The van der Waals surface area contributed by atoms with Crippen LogP contribution in [0.5, 0.6) is 0 Å². The Labute approximate surface area is 90.2 Å². The van der Waals surface area contributed by atoms with Crippen LogP contribution in [0.15, 0.2) is 12.3 Å². The van der Waals surface area contributed by atoms with E-state index >= 15 is 0 Å². The van der Waals surface area contributed by atoms with Gasteiger partial charge < -0.3 is 5.11 Å². The Morgan fingerprint density at radius 1 is 1.60 bits per heavy atom. The van der Waals surface area contributed by atoms with Gasteiger partial charge in [-0.3, -0.25) is 9.52 Å². The molecule has 0 aliphatic carbocycles. The first-order valence-electron chi connectivity index (χ1n) is 3.60. The fraction of sp³-hybridized carbons (Fsp3) is 0.167. The van der Waals surface area contributed by atoms with Crippen molar-refractivity contribution < 1.29 is 18.3 Å². The van der Waals surface area contributed by atoms with Crippen LogP contribution in [-0.4, -0.2) is 35.2 Å². The molecule has 0 fully saturated rings. The number of halogens is 1. The van der Waals surface area contributed by atoms with E-state index in [-0.39, 0.29) is 11.1 Å². The molecular weight excluding hydrogens is 246 g/mol. The normalized spacial score (nSPS) is 11.0. The van der Waals surface area contributed by atoms with Crippen LogP contribution in [0.25, 0.3) is 0 Å². The maximum Gasteiger partial charge on any atom is 0.320 e. The molecule has 0 saturated carbocycles. The molecule has 0 amide bonds. The number of nitrogens with one attached hydrogen (secondary N) is 1. The van der Waals surface area contributed by atoms with E-state index in [1.165, 1.54) is 12.3 Å². The van der Waals surface area contributed by atoms with Gasteiger partial charge in [-0.15, -0.1) is 0 Å². The second-order valence-corrected chi connectivity index (χ2v) is 4.53. The first-order valence-corrected chi connectivity index (χ1v) is 5.63. The highest BCUT2D eigenvalue weighted by Gasteiger charge is 2.16. The topological polar surface area (TPSA) is 109 Å². The van der Waals surface area contributed by atoms with Crippen LogP contribution in [0.3, 0.4) is 0 Å². The molecule has 0 bridgehead atoms. The van der Waals surface area contributed by atoms with Gasteiger partial charge in [-0.1, -0.05) is 0 Å². The molecule has 0 aromatic carbocycles. The van der Waals surface area contributed by atoms with E-state index < -0.39 is 21.7 Å². The summed E-state index contributed by atoms with van der Waals surface area (Å²) in [5, 5.41) is 8.17. The van der Waals surface area contributed by atoms with E-state index in [9.17, 15) is 13.2 Å². The van der Waals surface area contributed by atoms with Crippen LogP contribution in [0, 0.1) is 0 Å². The summed E-state index contributed by atoms with van der Waals surface area (Å²) < 4.78 is 24.2. The summed E-state index contributed by atoms with van der Waals surface area (Å²) in [5.74, 6) is -2.56. The van der Waals surface area contributed by atoms with Gasteiger partial charge in [0.2, 0.25) is 15.3 Å². The van der Waals surface area contributed by atoms with Gasteiger partial charge in [0.05, 0.1) is 0 Å². The molecule has 1 aromatic rings. The highest BCUT2D eigenvalue weighted by Crippen LogP contribution is 2.07. The van der Waals surface area contributed by atoms with E-state index in [1.54, 1.807) is 0 Å². The lowest BCUT2D eigenvalue weighted by Gasteiger charge is -2.04. The lowest BCUT2D eigenvalue weighted by molar-refractivity contribution is -0.134. The third-order valence-electron chi connectivity index (χ3n) is 1.20. The predicted octanol–water partition coefficient (Wildman–Crippen LogP) is -0.0437. The zero-order chi connectivity index (χ0) is 11.5. The summed E-state index contributed by atoms with van der Waals surface area (Å²) in [7, 11) is -3.95. The van der Waals surface area contributed by atoms with E-state index in [4.69, 9.17) is 16.7 Å². The Bertz CT molecular complexity index is 475. The van der Waals surface area contributed by atoms with Crippen molar-refractivity contribution in [3.63, 3.8) is 0 Å². The number of anilines is 1. The lowest BCUT2D eigenvalue weighted by atomic mass is 10.6. The Morgan fingerprint density at radius 3 is 2.80 bits per heavy atom. The molecule has 0 aliphatic heterocycles. The predicted molar refractivity (Wildman–Crippen MR) is 52.1 cm³/mol. The van der Waals surface area contributed by atoms with Crippen molar-refractivity contribution in [2.45, 2.75) is 0 Å². The molecule has 15 heavy (non-hydrogen) atoms. The highest BCUT2D eigenvalue weighted by molar-refractivity contribution is 7.93. The minimum atomic E-state index is -3.95. The molecule has 0 spiro atoms. The Balaban J connectivity index is 2.82. The number of carbonyl (C=O) groups is 1. The Hall–Kier alpha value is -1.41. The van der Waals surface area contributed by atoms with Gasteiger partial charge in [0.15, 0.2) is 5.75 Å². The van der Waals surface area contributed by atoms with Gasteiger partial charge in [-0.25, -0.2) is 13.4 Å². The molecule has 0 saturated heterocycles. The third-order valence-corrected chi connectivity index (χ3v) is 2.53. The number of carboxylic acid groups (broad SMARTS) is 1. The number of aliphatic carboxylic acids is 1. The third kappa shape index (κ3) is 4.09. The molecule has 0 unspecified atom stereocenters. The zero-order valence-electron chi connectivity index (χ0n) is 7.21. The largest absolute Gasteiger partial charge is 0.480 e. The number of hydrogen-bond acceptors (Lipinski definition) is 5. The van der Waals surface area contributed by atoms with Gasteiger partial charge in [0.1, 0.15) is 5.82 Å². The molecule has 0 atom stereocenters. The number of nitrogens with zero attached hydrogens (tertiary/aromatic N) is 2. The molecule has 1 rings (SSSR count). The molecule has 1 aromatic heterocycles. The second-order valence-electron chi connectivity index (χ2n) is 2.47. The number of sulfonamides is 1. The van der Waals surface area contributed by atoms with Crippen molar-refractivity contribution in [1.29, 1.82) is 0 Å². The number of hydrogen-bond donors (Lipinski definition) is 2. The van der Waals surface area contributed by atoms with Gasteiger partial charge in [0.25, 0.3) is 0 Å². The maximum atomic E-state index is 11.1. The highest BCUT2D eigenvalue weighted by atomic mass is 35.5. The van der Waals surface area contributed by atoms with Crippen molar-refractivity contribution in [1.82, 2.24) is 9.97 Å². The molecular formula is C6H6ClN3O4S. The number of aromatic nitrogens is 2. The maximum absolute atomic E-state index is 11.1. The average molecular weight is 252 g/mol. The van der Waals surface area contributed by atoms with E-state index in [1.807, 2.05) is 4.72 Å². The monoisotopic (exact) mass is 251 g/mol. The minimum absolute atomic E-state index is 0.0729. The fourth-order valence-corrected chi connectivity index (χ4v) is 1.73. The molecule has 1 heterocycles. The van der Waals surface area contributed by atoms with Crippen molar-refractivity contribution >= 4 is 33.4 Å². The molecule has 7 nitrogen and oxygen atoms in total.